The number of carbonyl (C=O) groups is 1. The molecule has 1 rings (SSSR count). The molecule has 2 N–H and O–H groups in total. The van der Waals surface area contributed by atoms with Crippen LogP contribution in [0, 0.1) is 5.92 Å². The van der Waals surface area contributed by atoms with Crippen molar-refractivity contribution in [1.29, 1.82) is 0 Å². The summed E-state index contributed by atoms with van der Waals surface area (Å²) >= 11 is 1.62. The topological polar surface area (TPSA) is 46.3 Å². The highest BCUT2D eigenvalue weighted by Crippen LogP contribution is 2.09. The van der Waals surface area contributed by atoms with E-state index in [1.807, 2.05) is 23.9 Å². The highest BCUT2D eigenvalue weighted by atomic mass is 32.1. The van der Waals surface area contributed by atoms with Gasteiger partial charge in [0, 0.05) is 19.6 Å². The summed E-state index contributed by atoms with van der Waals surface area (Å²) in [4.78, 5) is 13.7. The molecule has 0 aliphatic heterocycles. The zero-order valence-electron chi connectivity index (χ0n) is 10.8. The number of hydrogen-bond donors (Lipinski definition) is 1. The van der Waals surface area contributed by atoms with Gasteiger partial charge in [-0.1, -0.05) is 13.8 Å². The van der Waals surface area contributed by atoms with Crippen LogP contribution in [0.5, 0.6) is 0 Å². The van der Waals surface area contributed by atoms with E-state index < -0.39 is 0 Å². The summed E-state index contributed by atoms with van der Waals surface area (Å²) in [5, 5.41) is 4.02. The number of nitrogens with two attached hydrogens (primary N) is 1. The fourth-order valence-electron chi connectivity index (χ4n) is 1.50. The largest absolute Gasteiger partial charge is 0.345 e. The number of carbonyl (C=O) groups excluding carboxylic acids is 1. The van der Waals surface area contributed by atoms with Crippen molar-refractivity contribution in [2.75, 3.05) is 13.6 Å². The first kappa shape index (κ1) is 14.2. The van der Waals surface area contributed by atoms with Gasteiger partial charge in [-0.05, 0) is 34.7 Å². The molecule has 0 saturated carbocycles. The molecule has 0 saturated heterocycles. The third kappa shape index (κ3) is 4.88. The van der Waals surface area contributed by atoms with Crippen LogP contribution in [-0.2, 0) is 11.2 Å². The first-order valence-electron chi connectivity index (χ1n) is 6.01. The zero-order chi connectivity index (χ0) is 12.8. The van der Waals surface area contributed by atoms with Crippen molar-refractivity contribution in [1.82, 2.24) is 4.90 Å². The van der Waals surface area contributed by atoms with Crippen molar-refractivity contribution < 1.29 is 4.79 Å². The lowest BCUT2D eigenvalue weighted by atomic mass is 10.0. The Morgan fingerprint density at radius 3 is 2.76 bits per heavy atom. The summed E-state index contributed by atoms with van der Waals surface area (Å²) in [6.45, 7) is 4.96. The average Bonchev–Trinajstić information content (AvgIpc) is 2.77. The average molecular weight is 254 g/mol. The predicted octanol–water partition coefficient (Wildman–Crippen LogP) is 2.12. The molecule has 0 fully saturated rings. The van der Waals surface area contributed by atoms with E-state index in [1.165, 1.54) is 0 Å². The van der Waals surface area contributed by atoms with Crippen LogP contribution in [-0.4, -0.2) is 30.4 Å². The minimum absolute atomic E-state index is 0.166. The van der Waals surface area contributed by atoms with Crippen molar-refractivity contribution in [3.63, 3.8) is 0 Å². The number of likely N-dealkylation sites (N-methyl/N-ethyl adjacent to an activating group) is 1. The molecule has 17 heavy (non-hydrogen) atoms. The molecule has 0 aliphatic carbocycles. The number of rotatable bonds is 6. The molecule has 0 bridgehead atoms. The predicted molar refractivity (Wildman–Crippen MR) is 73.1 cm³/mol. The van der Waals surface area contributed by atoms with Gasteiger partial charge in [0.1, 0.15) is 0 Å². The Morgan fingerprint density at radius 2 is 2.24 bits per heavy atom. The summed E-state index contributed by atoms with van der Waals surface area (Å²) in [6, 6.07) is 2.17. The van der Waals surface area contributed by atoms with E-state index in [9.17, 15) is 4.79 Å². The highest BCUT2D eigenvalue weighted by molar-refractivity contribution is 7.07. The van der Waals surface area contributed by atoms with E-state index in [4.69, 9.17) is 5.73 Å². The number of hydrogen-bond acceptors (Lipinski definition) is 3. The Balaban J connectivity index is 2.32. The maximum Gasteiger partial charge on any atom is 0.226 e. The van der Waals surface area contributed by atoms with Gasteiger partial charge in [0.05, 0.1) is 6.42 Å². The van der Waals surface area contributed by atoms with Crippen molar-refractivity contribution in [3.05, 3.63) is 22.4 Å². The maximum atomic E-state index is 11.9. The Labute approximate surface area is 108 Å². The van der Waals surface area contributed by atoms with E-state index in [0.717, 1.165) is 18.5 Å². The molecule has 1 atom stereocenters. The molecule has 1 unspecified atom stereocenters. The van der Waals surface area contributed by atoms with Gasteiger partial charge in [-0.15, -0.1) is 0 Å². The van der Waals surface area contributed by atoms with Crippen LogP contribution < -0.4 is 5.73 Å². The zero-order valence-corrected chi connectivity index (χ0v) is 11.7. The Morgan fingerprint density at radius 1 is 1.53 bits per heavy atom. The lowest BCUT2D eigenvalue weighted by molar-refractivity contribution is -0.129. The molecule has 0 aliphatic rings. The van der Waals surface area contributed by atoms with Gasteiger partial charge in [0.15, 0.2) is 0 Å². The molecule has 3 nitrogen and oxygen atoms in total. The van der Waals surface area contributed by atoms with Crippen molar-refractivity contribution >= 4 is 17.2 Å². The minimum atomic E-state index is 0.166. The van der Waals surface area contributed by atoms with Crippen LogP contribution in [0.15, 0.2) is 16.8 Å². The second-order valence-corrected chi connectivity index (χ2v) is 5.60. The Hall–Kier alpha value is -0.870. The molecule has 96 valence electrons. The molecular formula is C13H22N2OS. The summed E-state index contributed by atoms with van der Waals surface area (Å²) < 4.78 is 0. The first-order valence-corrected chi connectivity index (χ1v) is 6.95. The van der Waals surface area contributed by atoms with Crippen molar-refractivity contribution in [2.45, 2.75) is 32.7 Å². The minimum Gasteiger partial charge on any atom is -0.345 e. The fourth-order valence-corrected chi connectivity index (χ4v) is 2.17. The van der Waals surface area contributed by atoms with Gasteiger partial charge in [0.25, 0.3) is 0 Å². The van der Waals surface area contributed by atoms with E-state index in [2.05, 4.69) is 13.8 Å². The molecule has 1 aromatic heterocycles. The van der Waals surface area contributed by atoms with Gasteiger partial charge < -0.3 is 10.6 Å². The van der Waals surface area contributed by atoms with Gasteiger partial charge in [-0.3, -0.25) is 4.79 Å². The van der Waals surface area contributed by atoms with Crippen LogP contribution in [0.2, 0.25) is 0 Å². The third-order valence-electron chi connectivity index (χ3n) is 3.02. The molecule has 0 aromatic carbocycles. The molecule has 1 aromatic rings. The Kier molecular flexibility index (Phi) is 5.65. The van der Waals surface area contributed by atoms with E-state index >= 15 is 0 Å². The highest BCUT2D eigenvalue weighted by Gasteiger charge is 2.13. The van der Waals surface area contributed by atoms with Gasteiger partial charge in [0.2, 0.25) is 5.91 Å². The van der Waals surface area contributed by atoms with Gasteiger partial charge >= 0.3 is 0 Å². The van der Waals surface area contributed by atoms with Crippen LogP contribution in [0.1, 0.15) is 25.8 Å². The third-order valence-corrected chi connectivity index (χ3v) is 3.75. The standard InChI is InChI=1S/C13H22N2OS/c1-10(2)12(14)4-6-15(3)13(16)8-11-5-7-17-9-11/h5,7,9-10,12H,4,6,8,14H2,1-3H3. The summed E-state index contributed by atoms with van der Waals surface area (Å²) in [5.74, 6) is 0.634. The van der Waals surface area contributed by atoms with Crippen LogP contribution >= 0.6 is 11.3 Å². The van der Waals surface area contributed by atoms with Crippen LogP contribution in [0.3, 0.4) is 0 Å². The van der Waals surface area contributed by atoms with E-state index in [0.29, 0.717) is 12.3 Å². The first-order chi connectivity index (χ1) is 8.00. The second-order valence-electron chi connectivity index (χ2n) is 4.82. The van der Waals surface area contributed by atoms with E-state index in [-0.39, 0.29) is 11.9 Å². The lowest BCUT2D eigenvalue weighted by Crippen LogP contribution is -2.35. The Bertz CT molecular complexity index is 335. The number of amides is 1. The van der Waals surface area contributed by atoms with E-state index in [1.54, 1.807) is 16.2 Å². The molecule has 0 radical (unpaired) electrons. The monoisotopic (exact) mass is 254 g/mol. The summed E-state index contributed by atoms with van der Waals surface area (Å²) in [7, 11) is 1.85. The van der Waals surface area contributed by atoms with Crippen molar-refractivity contribution in [2.24, 2.45) is 11.7 Å². The SMILES string of the molecule is CC(C)C(N)CCN(C)C(=O)Cc1ccsc1. The maximum absolute atomic E-state index is 11.9. The normalized spacial score (nSPS) is 12.8. The quantitative estimate of drug-likeness (QED) is 0.845. The van der Waals surface area contributed by atoms with Crippen LogP contribution in [0.4, 0.5) is 0 Å². The smallest absolute Gasteiger partial charge is 0.226 e. The molecule has 1 heterocycles. The summed E-state index contributed by atoms with van der Waals surface area (Å²) in [5.41, 5.74) is 7.06. The number of nitrogens with zero attached hydrogens (tertiary/aromatic N) is 1. The summed E-state index contributed by atoms with van der Waals surface area (Å²) in [6.07, 6.45) is 1.36. The fraction of sp³-hybridized carbons (Fsp3) is 0.615. The molecular weight excluding hydrogens is 232 g/mol. The van der Waals surface area contributed by atoms with Crippen molar-refractivity contribution in [3.8, 4) is 0 Å². The lowest BCUT2D eigenvalue weighted by Gasteiger charge is -2.21. The van der Waals surface area contributed by atoms with Gasteiger partial charge in [-0.2, -0.15) is 11.3 Å². The molecule has 4 heteroatoms. The molecule has 1 amide bonds. The van der Waals surface area contributed by atoms with Crippen LogP contribution in [0.25, 0.3) is 0 Å². The van der Waals surface area contributed by atoms with Gasteiger partial charge in [-0.25, -0.2) is 0 Å². The number of thiophene rings is 1. The molecule has 0 spiro atoms. The second kappa shape index (κ2) is 6.77.